The lowest BCUT2D eigenvalue weighted by atomic mass is 10.2. The van der Waals surface area contributed by atoms with Gasteiger partial charge in [0.05, 0.1) is 30.3 Å². The van der Waals surface area contributed by atoms with Gasteiger partial charge in [-0.15, -0.1) is 0 Å². The second-order valence-corrected chi connectivity index (χ2v) is 6.39. The van der Waals surface area contributed by atoms with Gasteiger partial charge in [-0.05, 0) is 24.3 Å². The molecule has 5 nitrogen and oxygen atoms in total. The van der Waals surface area contributed by atoms with E-state index in [1.54, 1.807) is 30.7 Å². The smallest absolute Gasteiger partial charge is 0.269 e. The van der Waals surface area contributed by atoms with Crippen molar-refractivity contribution in [3.05, 3.63) is 48.3 Å². The van der Waals surface area contributed by atoms with Gasteiger partial charge in [0.25, 0.3) is 10.0 Å². The number of hydrogen-bond donors (Lipinski definition) is 0. The van der Waals surface area contributed by atoms with Gasteiger partial charge < -0.3 is 4.90 Å². The first-order chi connectivity index (χ1) is 9.19. The Morgan fingerprint density at radius 2 is 2.00 bits per heavy atom. The Morgan fingerprint density at radius 3 is 2.89 bits per heavy atom. The van der Waals surface area contributed by atoms with Crippen LogP contribution in [0.4, 0.5) is 5.69 Å². The van der Waals surface area contributed by atoms with Crippen molar-refractivity contribution in [2.24, 2.45) is 4.99 Å². The summed E-state index contributed by atoms with van der Waals surface area (Å²) >= 11 is 0. The van der Waals surface area contributed by atoms with E-state index in [9.17, 15) is 8.42 Å². The van der Waals surface area contributed by atoms with Gasteiger partial charge in [0.15, 0.2) is 0 Å². The molecule has 6 heteroatoms. The standard InChI is InChI=1S/C13H11N3O2S/c17-19(18)13-6-2-1-4-11(13)15-9-14-8-12(15)10-5-3-7-16(10)19/h1-7,9,12H,8H2. The highest BCUT2D eigenvalue weighted by Gasteiger charge is 2.36. The summed E-state index contributed by atoms with van der Waals surface area (Å²) in [4.78, 5) is 6.55. The van der Waals surface area contributed by atoms with Crippen LogP contribution in [0.25, 0.3) is 0 Å². The van der Waals surface area contributed by atoms with Crippen molar-refractivity contribution in [3.8, 4) is 0 Å². The number of benzene rings is 1. The number of anilines is 1. The molecule has 2 aliphatic rings. The minimum absolute atomic E-state index is 0.0478. The molecule has 0 amide bonds. The van der Waals surface area contributed by atoms with Gasteiger partial charge in [-0.1, -0.05) is 12.1 Å². The summed E-state index contributed by atoms with van der Waals surface area (Å²) < 4.78 is 26.8. The van der Waals surface area contributed by atoms with E-state index in [2.05, 4.69) is 4.99 Å². The fourth-order valence-electron chi connectivity index (χ4n) is 2.72. The molecule has 0 aliphatic carbocycles. The molecular formula is C13H11N3O2S. The number of aromatic nitrogens is 1. The minimum atomic E-state index is -3.52. The zero-order valence-corrected chi connectivity index (χ0v) is 10.8. The average molecular weight is 273 g/mol. The lowest BCUT2D eigenvalue weighted by Gasteiger charge is -2.22. The molecule has 4 rings (SSSR count). The number of nitrogens with zero attached hydrogens (tertiary/aromatic N) is 3. The molecular weight excluding hydrogens is 262 g/mol. The van der Waals surface area contributed by atoms with Gasteiger partial charge in [0.1, 0.15) is 4.90 Å². The molecule has 1 aromatic carbocycles. The number of hydrogen-bond acceptors (Lipinski definition) is 4. The molecule has 0 saturated heterocycles. The van der Waals surface area contributed by atoms with E-state index < -0.39 is 10.0 Å². The maximum absolute atomic E-state index is 12.7. The number of fused-ring (bicyclic) bond motifs is 5. The Morgan fingerprint density at radius 1 is 1.16 bits per heavy atom. The first-order valence-corrected chi connectivity index (χ1v) is 7.44. The van der Waals surface area contributed by atoms with Crippen molar-refractivity contribution in [1.29, 1.82) is 0 Å². The summed E-state index contributed by atoms with van der Waals surface area (Å²) in [6, 6.07) is 10.6. The molecule has 3 heterocycles. The maximum Gasteiger partial charge on any atom is 0.269 e. The summed E-state index contributed by atoms with van der Waals surface area (Å²) in [7, 11) is -3.52. The molecule has 1 aromatic heterocycles. The van der Waals surface area contributed by atoms with E-state index in [-0.39, 0.29) is 6.04 Å². The normalized spacial score (nSPS) is 22.5. The first kappa shape index (κ1) is 10.8. The fraction of sp³-hybridized carbons (Fsp3) is 0.154. The Kier molecular flexibility index (Phi) is 1.98. The Balaban J connectivity index is 2.13. The zero-order valence-electron chi connectivity index (χ0n) is 9.97. The highest BCUT2D eigenvalue weighted by atomic mass is 32.2. The van der Waals surface area contributed by atoms with Gasteiger partial charge in [-0.2, -0.15) is 0 Å². The summed E-state index contributed by atoms with van der Waals surface area (Å²) in [6.07, 6.45) is 3.32. The Hall–Kier alpha value is -2.08. The number of rotatable bonds is 0. The molecule has 0 radical (unpaired) electrons. The van der Waals surface area contributed by atoms with E-state index in [0.717, 1.165) is 5.69 Å². The van der Waals surface area contributed by atoms with Gasteiger partial charge in [-0.25, -0.2) is 12.4 Å². The predicted molar refractivity (Wildman–Crippen MR) is 72.0 cm³/mol. The number of para-hydroxylation sites is 1. The van der Waals surface area contributed by atoms with Crippen LogP contribution < -0.4 is 4.90 Å². The predicted octanol–water partition coefficient (Wildman–Crippen LogP) is 1.63. The average Bonchev–Trinajstić information content (AvgIpc) is 3.05. The van der Waals surface area contributed by atoms with Gasteiger partial charge in [0, 0.05) is 6.20 Å². The van der Waals surface area contributed by atoms with Crippen LogP contribution in [0.2, 0.25) is 0 Å². The van der Waals surface area contributed by atoms with Crippen molar-refractivity contribution in [1.82, 2.24) is 3.97 Å². The molecule has 0 bridgehead atoms. The van der Waals surface area contributed by atoms with Gasteiger partial charge in [0.2, 0.25) is 0 Å². The molecule has 0 fully saturated rings. The lowest BCUT2D eigenvalue weighted by Crippen LogP contribution is -2.24. The topological polar surface area (TPSA) is 54.7 Å². The van der Waals surface area contributed by atoms with Crippen molar-refractivity contribution in [2.75, 3.05) is 11.4 Å². The van der Waals surface area contributed by atoms with Crippen molar-refractivity contribution >= 4 is 22.0 Å². The highest BCUT2D eigenvalue weighted by molar-refractivity contribution is 7.90. The zero-order chi connectivity index (χ0) is 13.0. The van der Waals surface area contributed by atoms with E-state index in [1.165, 1.54) is 3.97 Å². The molecule has 19 heavy (non-hydrogen) atoms. The van der Waals surface area contributed by atoms with Gasteiger partial charge >= 0.3 is 0 Å². The largest absolute Gasteiger partial charge is 0.321 e. The van der Waals surface area contributed by atoms with Crippen LogP contribution in [0.1, 0.15) is 11.7 Å². The van der Waals surface area contributed by atoms with E-state index in [1.807, 2.05) is 23.1 Å². The van der Waals surface area contributed by atoms with Crippen LogP contribution in [0, 0.1) is 0 Å². The summed E-state index contributed by atoms with van der Waals surface area (Å²) in [5, 5.41) is 0. The highest BCUT2D eigenvalue weighted by Crippen LogP contribution is 2.39. The molecule has 0 N–H and O–H groups in total. The second kappa shape index (κ2) is 3.48. The molecule has 96 valence electrons. The maximum atomic E-state index is 12.7. The van der Waals surface area contributed by atoms with E-state index in [0.29, 0.717) is 17.1 Å². The van der Waals surface area contributed by atoms with Crippen LogP contribution >= 0.6 is 0 Å². The van der Waals surface area contributed by atoms with Crippen LogP contribution in [-0.4, -0.2) is 25.3 Å². The first-order valence-electron chi connectivity index (χ1n) is 6.00. The summed E-state index contributed by atoms with van der Waals surface area (Å²) in [5.74, 6) is 0. The fourth-order valence-corrected chi connectivity index (χ4v) is 4.31. The molecule has 0 saturated carbocycles. The van der Waals surface area contributed by atoms with Crippen LogP contribution in [0.15, 0.2) is 52.5 Å². The number of aliphatic imine (C=N–C) groups is 1. The van der Waals surface area contributed by atoms with Crippen molar-refractivity contribution in [2.45, 2.75) is 10.9 Å². The summed E-state index contributed by atoms with van der Waals surface area (Å²) in [5.41, 5.74) is 1.45. The van der Waals surface area contributed by atoms with E-state index in [4.69, 9.17) is 0 Å². The Labute approximate surface area is 110 Å². The van der Waals surface area contributed by atoms with Crippen molar-refractivity contribution < 1.29 is 8.42 Å². The molecule has 2 aliphatic heterocycles. The third-order valence-electron chi connectivity index (χ3n) is 3.58. The molecule has 0 spiro atoms. The lowest BCUT2D eigenvalue weighted by molar-refractivity contribution is 0.585. The van der Waals surface area contributed by atoms with E-state index >= 15 is 0 Å². The molecule has 1 unspecified atom stereocenters. The van der Waals surface area contributed by atoms with Gasteiger partial charge in [-0.3, -0.25) is 4.99 Å². The molecule has 1 atom stereocenters. The third-order valence-corrected chi connectivity index (χ3v) is 5.34. The third kappa shape index (κ3) is 1.29. The minimum Gasteiger partial charge on any atom is -0.321 e. The van der Waals surface area contributed by atoms with Crippen LogP contribution in [0.5, 0.6) is 0 Å². The van der Waals surface area contributed by atoms with Crippen molar-refractivity contribution in [3.63, 3.8) is 0 Å². The summed E-state index contributed by atoms with van der Waals surface area (Å²) in [6.45, 7) is 0.577. The SMILES string of the molecule is O=S1(=O)c2ccccc2N2C=NCC2c2cccn21. The van der Waals surface area contributed by atoms with Crippen LogP contribution in [0.3, 0.4) is 0 Å². The Bertz CT molecular complexity index is 792. The second-order valence-electron chi connectivity index (χ2n) is 4.61. The molecule has 2 aromatic rings. The quantitative estimate of drug-likeness (QED) is 0.733. The van der Waals surface area contributed by atoms with Crippen LogP contribution in [-0.2, 0) is 10.0 Å². The monoisotopic (exact) mass is 273 g/mol.